The Balaban J connectivity index is 0.00000289. The smallest absolute Gasteiger partial charge is 0.110 e. The van der Waals surface area contributed by atoms with E-state index in [1.54, 1.807) is 0 Å². The Morgan fingerprint density at radius 1 is 1.11 bits per heavy atom. The summed E-state index contributed by atoms with van der Waals surface area (Å²) in [6.07, 6.45) is 1.27. The first-order chi connectivity index (χ1) is 7.72. The highest BCUT2D eigenvalue weighted by Crippen LogP contribution is 2.14. The predicted octanol–water partition coefficient (Wildman–Crippen LogP) is 0.0161. The van der Waals surface area contributed by atoms with Crippen molar-refractivity contribution in [3.05, 3.63) is 35.4 Å². The standard InChI is InChI=1S/C14H23N2Si.BrH/c1-16(2,12-17(3,4)5)11-14-8-6-13(10-15)7-9-14;/h6-9H,11-12H2,1-5H3;1H/q+1;/p-1. The molecular weight excluding hydrogens is 304 g/mol. The Bertz CT molecular complexity index is 413. The molecule has 0 heterocycles. The molecule has 0 unspecified atom stereocenters. The maximum absolute atomic E-state index is 8.77. The van der Waals surface area contributed by atoms with Crippen molar-refractivity contribution in [3.63, 3.8) is 0 Å². The van der Waals surface area contributed by atoms with Gasteiger partial charge in [0, 0.05) is 5.56 Å². The van der Waals surface area contributed by atoms with Crippen LogP contribution in [-0.2, 0) is 6.54 Å². The van der Waals surface area contributed by atoms with Crippen LogP contribution < -0.4 is 17.0 Å². The van der Waals surface area contributed by atoms with Gasteiger partial charge in [-0.15, -0.1) is 0 Å². The number of hydrogen-bond acceptors (Lipinski definition) is 1. The molecule has 0 radical (unpaired) electrons. The molecule has 100 valence electrons. The molecule has 0 bridgehead atoms. The normalized spacial score (nSPS) is 11.6. The number of rotatable bonds is 4. The minimum atomic E-state index is -1.04. The molecule has 0 N–H and O–H groups in total. The van der Waals surface area contributed by atoms with Crippen LogP contribution >= 0.6 is 0 Å². The number of nitrogens with zero attached hydrogens (tertiary/aromatic N) is 2. The van der Waals surface area contributed by atoms with E-state index in [0.717, 1.165) is 16.6 Å². The molecule has 0 aliphatic rings. The molecule has 4 heteroatoms. The van der Waals surface area contributed by atoms with E-state index >= 15 is 0 Å². The van der Waals surface area contributed by atoms with Crippen LogP contribution in [0.1, 0.15) is 11.1 Å². The quantitative estimate of drug-likeness (QED) is 0.565. The number of nitriles is 1. The van der Waals surface area contributed by atoms with Crippen LogP contribution in [0.5, 0.6) is 0 Å². The molecule has 0 aromatic heterocycles. The third-order valence-corrected chi connectivity index (χ3v) is 4.40. The summed E-state index contributed by atoms with van der Waals surface area (Å²) in [6, 6.07) is 10.1. The molecule has 0 fully saturated rings. The zero-order valence-electron chi connectivity index (χ0n) is 12.0. The Morgan fingerprint density at radius 2 is 1.61 bits per heavy atom. The van der Waals surface area contributed by atoms with Gasteiger partial charge in [-0.25, -0.2) is 0 Å². The van der Waals surface area contributed by atoms with Crippen LogP contribution in [0.25, 0.3) is 0 Å². The van der Waals surface area contributed by atoms with E-state index in [2.05, 4.69) is 51.9 Å². The van der Waals surface area contributed by atoms with Crippen LogP contribution in [0, 0.1) is 11.3 Å². The summed E-state index contributed by atoms with van der Waals surface area (Å²) in [5, 5.41) is 8.77. The fourth-order valence-electron chi connectivity index (χ4n) is 2.52. The zero-order chi connectivity index (χ0) is 13.1. The van der Waals surface area contributed by atoms with E-state index in [-0.39, 0.29) is 17.0 Å². The molecule has 0 saturated heterocycles. The number of quaternary nitrogens is 1. The monoisotopic (exact) mass is 326 g/mol. The molecular formula is C14H23BrN2Si. The van der Waals surface area contributed by atoms with Crippen molar-refractivity contribution in [2.24, 2.45) is 0 Å². The largest absolute Gasteiger partial charge is 1.00 e. The van der Waals surface area contributed by atoms with Crippen LogP contribution in [0.4, 0.5) is 0 Å². The Kier molecular flexibility index (Phi) is 6.28. The van der Waals surface area contributed by atoms with E-state index in [1.165, 1.54) is 11.7 Å². The zero-order valence-corrected chi connectivity index (χ0v) is 14.6. The lowest BCUT2D eigenvalue weighted by atomic mass is 10.1. The maximum Gasteiger partial charge on any atom is 0.110 e. The molecule has 0 saturated carbocycles. The van der Waals surface area contributed by atoms with Crippen LogP contribution in [0.3, 0.4) is 0 Å². The summed E-state index contributed by atoms with van der Waals surface area (Å²) in [5.74, 6) is 0. The third-order valence-electron chi connectivity index (χ3n) is 2.60. The van der Waals surface area contributed by atoms with Crippen molar-refractivity contribution in [2.45, 2.75) is 26.2 Å². The minimum absolute atomic E-state index is 0. The van der Waals surface area contributed by atoms with E-state index < -0.39 is 8.07 Å². The lowest BCUT2D eigenvalue weighted by Gasteiger charge is -2.35. The Hall–Kier alpha value is -0.633. The topological polar surface area (TPSA) is 23.8 Å². The number of halogens is 1. The molecule has 1 aromatic carbocycles. The second-order valence-electron chi connectivity index (χ2n) is 6.62. The van der Waals surface area contributed by atoms with Gasteiger partial charge in [0.25, 0.3) is 0 Å². The SMILES string of the molecule is C[N+](C)(Cc1ccc(C#N)cc1)C[Si](C)(C)C.[Br-]. The van der Waals surface area contributed by atoms with Crippen molar-refractivity contribution < 1.29 is 21.5 Å². The van der Waals surface area contributed by atoms with Crippen molar-refractivity contribution in [1.82, 2.24) is 0 Å². The van der Waals surface area contributed by atoms with Gasteiger partial charge in [0.05, 0.1) is 31.9 Å². The van der Waals surface area contributed by atoms with Gasteiger partial charge in [-0.05, 0) is 12.1 Å². The minimum Gasteiger partial charge on any atom is -1.00 e. The van der Waals surface area contributed by atoms with Crippen molar-refractivity contribution >= 4 is 8.07 Å². The van der Waals surface area contributed by atoms with Gasteiger partial charge in [-0.2, -0.15) is 5.26 Å². The van der Waals surface area contributed by atoms with E-state index in [0.29, 0.717) is 0 Å². The summed E-state index contributed by atoms with van der Waals surface area (Å²) < 4.78 is 1.03. The van der Waals surface area contributed by atoms with Crippen LogP contribution in [-0.4, -0.2) is 32.8 Å². The summed E-state index contributed by atoms with van der Waals surface area (Å²) in [4.78, 5) is 0. The lowest BCUT2D eigenvalue weighted by Crippen LogP contribution is -3.00. The van der Waals surface area contributed by atoms with Gasteiger partial charge in [0.1, 0.15) is 14.6 Å². The average Bonchev–Trinajstić information content (AvgIpc) is 2.14. The fourth-order valence-corrected chi connectivity index (χ4v) is 5.20. The summed E-state index contributed by atoms with van der Waals surface area (Å²) in [7, 11) is 3.53. The molecule has 2 nitrogen and oxygen atoms in total. The van der Waals surface area contributed by atoms with Crippen molar-refractivity contribution in [1.29, 1.82) is 5.26 Å². The number of hydrogen-bond donors (Lipinski definition) is 0. The van der Waals surface area contributed by atoms with E-state index in [4.69, 9.17) is 5.26 Å². The lowest BCUT2D eigenvalue weighted by molar-refractivity contribution is -0.894. The van der Waals surface area contributed by atoms with Crippen LogP contribution in [0.2, 0.25) is 19.6 Å². The van der Waals surface area contributed by atoms with E-state index in [1.807, 2.05) is 12.1 Å². The van der Waals surface area contributed by atoms with Gasteiger partial charge in [0.2, 0.25) is 0 Å². The second-order valence-corrected chi connectivity index (χ2v) is 12.1. The summed E-state index contributed by atoms with van der Waals surface area (Å²) >= 11 is 0. The Labute approximate surface area is 123 Å². The maximum atomic E-state index is 8.77. The van der Waals surface area contributed by atoms with Crippen molar-refractivity contribution in [2.75, 3.05) is 20.3 Å². The Morgan fingerprint density at radius 3 is 2.00 bits per heavy atom. The highest BCUT2D eigenvalue weighted by molar-refractivity contribution is 6.75. The molecule has 0 amide bonds. The molecule has 0 aliphatic carbocycles. The number of benzene rings is 1. The third kappa shape index (κ3) is 6.34. The molecule has 0 atom stereocenters. The molecule has 0 aliphatic heterocycles. The first-order valence-corrected chi connectivity index (χ1v) is 9.74. The molecule has 1 rings (SSSR count). The van der Waals surface area contributed by atoms with Gasteiger partial charge >= 0.3 is 0 Å². The predicted molar refractivity (Wildman–Crippen MR) is 75.2 cm³/mol. The fraction of sp³-hybridized carbons (Fsp3) is 0.500. The molecule has 1 aromatic rings. The van der Waals surface area contributed by atoms with Crippen molar-refractivity contribution in [3.8, 4) is 6.07 Å². The van der Waals surface area contributed by atoms with Crippen LogP contribution in [0.15, 0.2) is 24.3 Å². The van der Waals surface area contributed by atoms with Gasteiger partial charge in [-0.1, -0.05) is 31.8 Å². The van der Waals surface area contributed by atoms with E-state index in [9.17, 15) is 0 Å². The van der Waals surface area contributed by atoms with Gasteiger partial charge in [-0.3, -0.25) is 0 Å². The van der Waals surface area contributed by atoms with Gasteiger partial charge in [0.15, 0.2) is 0 Å². The van der Waals surface area contributed by atoms with Gasteiger partial charge < -0.3 is 21.5 Å². The molecule has 18 heavy (non-hydrogen) atoms. The molecule has 0 spiro atoms. The average molecular weight is 327 g/mol. The highest BCUT2D eigenvalue weighted by Gasteiger charge is 2.26. The first kappa shape index (κ1) is 17.4. The highest BCUT2D eigenvalue weighted by atomic mass is 79.9. The summed E-state index contributed by atoms with van der Waals surface area (Å²) in [5.41, 5.74) is 2.05. The first-order valence-electron chi connectivity index (χ1n) is 6.03. The summed E-state index contributed by atoms with van der Waals surface area (Å²) in [6.45, 7) is 8.26. The second kappa shape index (κ2) is 6.51.